The van der Waals surface area contributed by atoms with Crippen molar-refractivity contribution >= 4 is 0 Å². The van der Waals surface area contributed by atoms with Crippen LogP contribution < -0.4 is 0 Å². The molecule has 3 N–H and O–H groups in total. The van der Waals surface area contributed by atoms with Crippen LogP contribution >= 0.6 is 0 Å². The standard InChI is InChI=1S/C32H47NO8/c1-6-33-16-29(17-37-2)13-12-20(38-3)31-19-14-30(35)27(41-15-18-10-8-7-9-11-18)21(19)32(36,26(34)28(30)40-5)22(25(31)33)23(39-4)24(29)31/h7-11,19-28,34-36H,6,12-17H2,1-5H3/t19?,20?,21?,22?,23?,24?,25?,26?,27?,28-,29?,30+,31?,32+/m0/s1. The maximum atomic E-state index is 13.2. The SMILES string of the molecule is CCN1CC2(COC)CCC(OC)C34C5C[C@@]6(O)C(OCc7ccccc7)C5[C@@](O)(C(C(OC)C23)C14)C(O)[C@@H]6OC. The summed E-state index contributed by atoms with van der Waals surface area (Å²) in [5.41, 5.74) is -2.71. The molecule has 5 saturated carbocycles. The van der Waals surface area contributed by atoms with E-state index in [1.54, 1.807) is 21.3 Å². The van der Waals surface area contributed by atoms with Crippen molar-refractivity contribution in [3.63, 3.8) is 0 Å². The van der Waals surface area contributed by atoms with Crippen molar-refractivity contribution in [3.8, 4) is 0 Å². The molecule has 1 saturated heterocycles. The van der Waals surface area contributed by atoms with Gasteiger partial charge in [0.05, 0.1) is 31.5 Å². The minimum Gasteiger partial charge on any atom is -0.387 e. The lowest BCUT2D eigenvalue weighted by molar-refractivity contribution is -0.321. The average molecular weight is 574 g/mol. The van der Waals surface area contributed by atoms with Crippen LogP contribution in [0, 0.1) is 34.5 Å². The fourth-order valence-corrected chi connectivity index (χ4v) is 12.0. The largest absolute Gasteiger partial charge is 0.387 e. The number of likely N-dealkylation sites (tertiary alicyclic amines) is 1. The van der Waals surface area contributed by atoms with E-state index in [9.17, 15) is 15.3 Å². The van der Waals surface area contributed by atoms with Crippen LogP contribution in [0.2, 0.25) is 0 Å². The van der Waals surface area contributed by atoms with Crippen molar-refractivity contribution < 1.29 is 39.0 Å². The number of hydrogen-bond acceptors (Lipinski definition) is 9. The van der Waals surface area contributed by atoms with E-state index in [2.05, 4.69) is 11.8 Å². The van der Waals surface area contributed by atoms with Crippen LogP contribution in [0.3, 0.4) is 0 Å². The minimum atomic E-state index is -1.60. The van der Waals surface area contributed by atoms with E-state index < -0.39 is 46.8 Å². The van der Waals surface area contributed by atoms with Gasteiger partial charge in [0.25, 0.3) is 0 Å². The van der Waals surface area contributed by atoms with Crippen LogP contribution in [0.15, 0.2) is 30.3 Å². The fraction of sp³-hybridized carbons (Fsp3) is 0.812. The van der Waals surface area contributed by atoms with Gasteiger partial charge in [0.2, 0.25) is 0 Å². The van der Waals surface area contributed by atoms with Crippen molar-refractivity contribution in [2.75, 3.05) is 48.1 Å². The molecule has 0 radical (unpaired) electrons. The first-order valence-corrected chi connectivity index (χ1v) is 15.3. The minimum absolute atomic E-state index is 0.0291. The molecule has 14 atom stereocenters. The van der Waals surface area contributed by atoms with Crippen LogP contribution in [0.25, 0.3) is 0 Å². The van der Waals surface area contributed by atoms with E-state index in [-0.39, 0.29) is 35.5 Å². The lowest BCUT2D eigenvalue weighted by Crippen LogP contribution is -2.80. The number of nitrogens with zero attached hydrogens (tertiary/aromatic N) is 1. The zero-order valence-corrected chi connectivity index (χ0v) is 24.9. The lowest BCUT2D eigenvalue weighted by Gasteiger charge is -2.69. The van der Waals surface area contributed by atoms with Crippen LogP contribution in [-0.4, -0.2) is 116 Å². The van der Waals surface area contributed by atoms with E-state index in [0.717, 1.165) is 31.5 Å². The highest BCUT2D eigenvalue weighted by molar-refractivity contribution is 5.39. The molecule has 5 aliphatic carbocycles. The maximum absolute atomic E-state index is 13.2. The second-order valence-electron chi connectivity index (χ2n) is 13.8. The molecule has 1 spiro atoms. The normalized spacial score (nSPS) is 53.1. The quantitative estimate of drug-likeness (QED) is 0.405. The molecule has 6 aliphatic rings. The van der Waals surface area contributed by atoms with Crippen molar-refractivity contribution in [3.05, 3.63) is 35.9 Å². The van der Waals surface area contributed by atoms with E-state index in [4.69, 9.17) is 23.7 Å². The summed E-state index contributed by atoms with van der Waals surface area (Å²) in [6.07, 6.45) is -1.30. The molecule has 9 nitrogen and oxygen atoms in total. The summed E-state index contributed by atoms with van der Waals surface area (Å²) >= 11 is 0. The maximum Gasteiger partial charge on any atom is 0.120 e. The van der Waals surface area contributed by atoms with Gasteiger partial charge in [-0.25, -0.2) is 0 Å². The first kappa shape index (κ1) is 28.6. The summed E-state index contributed by atoms with van der Waals surface area (Å²) in [6, 6.07) is 9.81. The number of hydrogen-bond donors (Lipinski definition) is 3. The fourth-order valence-electron chi connectivity index (χ4n) is 12.0. The van der Waals surface area contributed by atoms with Gasteiger partial charge >= 0.3 is 0 Å². The summed E-state index contributed by atoms with van der Waals surface area (Å²) < 4.78 is 31.4. The number of methoxy groups -OCH3 is 4. The van der Waals surface area contributed by atoms with Gasteiger partial charge in [-0.3, -0.25) is 4.90 Å². The molecule has 1 aromatic carbocycles. The highest BCUT2D eigenvalue weighted by atomic mass is 16.5. The van der Waals surface area contributed by atoms with Crippen LogP contribution in [0.5, 0.6) is 0 Å². The van der Waals surface area contributed by atoms with Gasteiger partial charge in [0.15, 0.2) is 0 Å². The predicted molar refractivity (Wildman–Crippen MR) is 149 cm³/mol. The molecule has 9 heteroatoms. The van der Waals surface area contributed by atoms with Crippen LogP contribution in [0.1, 0.15) is 31.7 Å². The molecule has 1 heterocycles. The number of ether oxygens (including phenoxy) is 5. The number of fused-ring (bicyclic) bond motifs is 2. The predicted octanol–water partition coefficient (Wildman–Crippen LogP) is 1.47. The molecule has 228 valence electrons. The van der Waals surface area contributed by atoms with Gasteiger partial charge in [0.1, 0.15) is 23.4 Å². The van der Waals surface area contributed by atoms with Gasteiger partial charge in [0, 0.05) is 69.6 Å². The molecule has 6 fully saturated rings. The smallest absolute Gasteiger partial charge is 0.120 e. The van der Waals surface area contributed by atoms with Crippen molar-refractivity contribution in [2.24, 2.45) is 34.5 Å². The summed E-state index contributed by atoms with van der Waals surface area (Å²) in [7, 11) is 6.83. The monoisotopic (exact) mass is 573 g/mol. The van der Waals surface area contributed by atoms with E-state index in [1.165, 1.54) is 7.11 Å². The van der Waals surface area contributed by atoms with Gasteiger partial charge in [-0.05, 0) is 37.3 Å². The van der Waals surface area contributed by atoms with Crippen LogP contribution in [0.4, 0.5) is 0 Å². The molecule has 1 aromatic rings. The first-order valence-electron chi connectivity index (χ1n) is 15.3. The number of aliphatic hydroxyl groups excluding tert-OH is 1. The molecular weight excluding hydrogens is 526 g/mol. The molecule has 41 heavy (non-hydrogen) atoms. The molecule has 7 rings (SSSR count). The average Bonchev–Trinajstić information content (AvgIpc) is 3.37. The Kier molecular flexibility index (Phi) is 6.76. The Balaban J connectivity index is 1.45. The number of aliphatic hydroxyl groups is 3. The van der Waals surface area contributed by atoms with Crippen molar-refractivity contribution in [1.29, 1.82) is 0 Å². The third-order valence-electron chi connectivity index (χ3n) is 12.8. The number of piperidine rings is 1. The lowest BCUT2D eigenvalue weighted by atomic mass is 9.43. The summed E-state index contributed by atoms with van der Waals surface area (Å²) in [5, 5.41) is 37.9. The van der Waals surface area contributed by atoms with Gasteiger partial charge < -0.3 is 39.0 Å². The zero-order chi connectivity index (χ0) is 28.9. The summed E-state index contributed by atoms with van der Waals surface area (Å²) in [5.74, 6) is -1.10. The number of benzene rings is 1. The zero-order valence-electron chi connectivity index (χ0n) is 24.9. The Morgan fingerprint density at radius 1 is 0.976 bits per heavy atom. The Bertz CT molecular complexity index is 1140. The third-order valence-corrected chi connectivity index (χ3v) is 12.8. The first-order chi connectivity index (χ1) is 19.7. The molecule has 0 aromatic heterocycles. The van der Waals surface area contributed by atoms with E-state index in [0.29, 0.717) is 19.6 Å². The Labute approximate surface area is 243 Å². The highest BCUT2D eigenvalue weighted by Gasteiger charge is 2.90. The number of rotatable bonds is 9. The molecule has 1 aliphatic heterocycles. The Morgan fingerprint density at radius 3 is 2.37 bits per heavy atom. The van der Waals surface area contributed by atoms with Gasteiger partial charge in [-0.15, -0.1) is 0 Å². The Morgan fingerprint density at radius 2 is 1.73 bits per heavy atom. The molecular formula is C32H47NO8. The van der Waals surface area contributed by atoms with E-state index in [1.807, 2.05) is 30.3 Å². The topological polar surface area (TPSA) is 110 Å². The molecule has 0 amide bonds. The van der Waals surface area contributed by atoms with Crippen molar-refractivity contribution in [1.82, 2.24) is 4.90 Å². The van der Waals surface area contributed by atoms with Gasteiger partial charge in [-0.2, -0.15) is 0 Å². The molecule has 7 bridgehead atoms. The van der Waals surface area contributed by atoms with E-state index >= 15 is 0 Å². The molecule has 11 unspecified atom stereocenters. The van der Waals surface area contributed by atoms with Gasteiger partial charge in [-0.1, -0.05) is 37.3 Å². The van der Waals surface area contributed by atoms with Crippen LogP contribution in [-0.2, 0) is 30.3 Å². The third kappa shape index (κ3) is 3.23. The second kappa shape index (κ2) is 9.68. The summed E-state index contributed by atoms with van der Waals surface area (Å²) in [6.45, 7) is 4.69. The second-order valence-corrected chi connectivity index (χ2v) is 13.8. The summed E-state index contributed by atoms with van der Waals surface area (Å²) in [4.78, 5) is 2.50. The van der Waals surface area contributed by atoms with Crippen molar-refractivity contribution in [2.45, 2.75) is 80.6 Å². The highest BCUT2D eigenvalue weighted by Crippen LogP contribution is 2.80. The Hall–Kier alpha value is -1.14.